The lowest BCUT2D eigenvalue weighted by molar-refractivity contribution is 0.103. The highest BCUT2D eigenvalue weighted by Crippen LogP contribution is 2.69. The van der Waals surface area contributed by atoms with Crippen LogP contribution in [0.1, 0.15) is 108 Å². The number of thiophene rings is 4. The number of ketones is 2. The molecular formula is C78H44N4O2S4. The van der Waals surface area contributed by atoms with E-state index in [2.05, 4.69) is 185 Å². The van der Waals surface area contributed by atoms with E-state index in [9.17, 15) is 30.6 Å². The summed E-state index contributed by atoms with van der Waals surface area (Å²) in [5, 5.41) is 42.8. The van der Waals surface area contributed by atoms with Crippen molar-refractivity contribution in [2.75, 3.05) is 0 Å². The van der Waals surface area contributed by atoms with Gasteiger partial charge in [-0.2, -0.15) is 21.0 Å². The molecule has 6 nitrogen and oxygen atoms in total. The lowest BCUT2D eigenvalue weighted by Gasteiger charge is -2.34. The Labute approximate surface area is 523 Å². The maximum atomic E-state index is 14.2. The third kappa shape index (κ3) is 7.33. The second kappa shape index (κ2) is 19.6. The number of aryl methyl sites for hydroxylation is 4. The van der Waals surface area contributed by atoms with Gasteiger partial charge in [0.2, 0.25) is 0 Å². The fraction of sp³-hybridized carbons (Fsp3) is 0.0769. The van der Waals surface area contributed by atoms with Crippen molar-refractivity contribution in [3.8, 4) is 45.2 Å². The van der Waals surface area contributed by atoms with Gasteiger partial charge in [-0.3, -0.25) is 9.59 Å². The van der Waals surface area contributed by atoms with Crippen molar-refractivity contribution in [1.29, 1.82) is 21.0 Å². The van der Waals surface area contributed by atoms with Gasteiger partial charge in [-0.1, -0.05) is 168 Å². The van der Waals surface area contributed by atoms with Crippen LogP contribution in [0.15, 0.2) is 204 Å². The predicted octanol–water partition coefficient (Wildman–Crippen LogP) is 19.5. The van der Waals surface area contributed by atoms with Gasteiger partial charge in [0.1, 0.15) is 35.4 Å². The summed E-state index contributed by atoms with van der Waals surface area (Å²) in [5.41, 5.74) is 18.3. The molecule has 0 unspecified atom stereocenters. The minimum absolute atomic E-state index is 0.0901. The Balaban J connectivity index is 0.975. The van der Waals surface area contributed by atoms with Crippen LogP contribution in [0.4, 0.5) is 0 Å². The lowest BCUT2D eigenvalue weighted by Crippen LogP contribution is -2.29. The Morgan fingerprint density at radius 2 is 0.705 bits per heavy atom. The van der Waals surface area contributed by atoms with Crippen molar-refractivity contribution in [3.05, 3.63) is 303 Å². The molecule has 0 radical (unpaired) electrons. The summed E-state index contributed by atoms with van der Waals surface area (Å²) in [6.45, 7) is 8.54. The molecule has 4 aliphatic carbocycles. The van der Waals surface area contributed by atoms with E-state index in [-0.39, 0.29) is 22.7 Å². The van der Waals surface area contributed by atoms with Gasteiger partial charge in [0.15, 0.2) is 11.6 Å². The molecule has 4 aromatic heterocycles. The number of benzene rings is 8. The number of rotatable bonds is 6. The van der Waals surface area contributed by atoms with Crippen molar-refractivity contribution in [2.24, 2.45) is 0 Å². The van der Waals surface area contributed by atoms with Crippen molar-refractivity contribution < 1.29 is 9.59 Å². The summed E-state index contributed by atoms with van der Waals surface area (Å²) < 4.78 is 4.56. The second-order valence-corrected chi connectivity index (χ2v) is 27.5. The van der Waals surface area contributed by atoms with Crippen molar-refractivity contribution in [1.82, 2.24) is 0 Å². The number of nitrogens with zero attached hydrogens (tertiary/aromatic N) is 4. The molecule has 4 aliphatic rings. The normalized spacial score (nSPS) is 15.5. The van der Waals surface area contributed by atoms with E-state index in [1.54, 1.807) is 34.8 Å². The molecule has 10 heteroatoms. The number of carbonyl (C=O) groups excluding carboxylic acids is 2. The fourth-order valence-corrected chi connectivity index (χ4v) is 19.6. The van der Waals surface area contributed by atoms with Crippen molar-refractivity contribution in [3.63, 3.8) is 0 Å². The van der Waals surface area contributed by atoms with E-state index in [4.69, 9.17) is 0 Å². The second-order valence-electron chi connectivity index (χ2n) is 23.2. The summed E-state index contributed by atoms with van der Waals surface area (Å²) in [4.78, 5) is 32.6. The van der Waals surface area contributed by atoms with E-state index in [1.807, 2.05) is 71.2 Å². The Hall–Kier alpha value is -10.4. The van der Waals surface area contributed by atoms with Gasteiger partial charge in [0.25, 0.3) is 0 Å². The van der Waals surface area contributed by atoms with E-state index in [0.717, 1.165) is 85.6 Å². The summed E-state index contributed by atoms with van der Waals surface area (Å²) in [6, 6.07) is 72.8. The number of allylic oxidation sites excluding steroid dienone is 6. The smallest absolute Gasteiger partial charge is 0.194 e. The number of Topliss-reactive ketones (excluding diaryl/α,β-unsaturated/α-hetero) is 2. The zero-order valence-corrected chi connectivity index (χ0v) is 51.0. The molecule has 0 N–H and O–H groups in total. The van der Waals surface area contributed by atoms with Crippen LogP contribution in [0.2, 0.25) is 0 Å². The molecule has 0 amide bonds. The highest BCUT2D eigenvalue weighted by atomic mass is 32.1. The van der Waals surface area contributed by atoms with Gasteiger partial charge in [0.05, 0.1) is 20.2 Å². The molecule has 0 atom stereocenters. The molecule has 0 saturated heterocycles. The third-order valence-corrected chi connectivity index (χ3v) is 23.0. The standard InChI is InChI=1S/C78H44N4O2S4/c1-41-13-21-49(22-14-41)77(50-23-15-42(2)16-24-50)63-35-65-45(29-53(85-65)33-61-67(47(37-79)38-80)55-9-5-7-11-57(55)71(61)83)31-59(63)73-69(77)75-76(87-73)70-74(88-75)60-32-46-30-54(34-62-68(48(39-81)40-82)56-10-6-8-12-58(56)72(62)84)86-66(46)36-64(60)78(70,51-25-17-43(3)18-26-51)52-27-19-44(4)20-28-52/h5-36H,1-4H3/b61-33-,62-34-. The van der Waals surface area contributed by atoms with Gasteiger partial charge in [-0.15, -0.1) is 45.3 Å². The third-order valence-electron chi connectivity index (χ3n) is 18.3. The Morgan fingerprint density at radius 1 is 0.386 bits per heavy atom. The van der Waals surface area contributed by atoms with Crippen molar-refractivity contribution in [2.45, 2.75) is 38.5 Å². The number of nitriles is 4. The largest absolute Gasteiger partial charge is 0.289 e. The number of hydrogen-bond acceptors (Lipinski definition) is 10. The first-order valence-corrected chi connectivity index (χ1v) is 32.0. The summed E-state index contributed by atoms with van der Waals surface area (Å²) in [5.74, 6) is -0.412. The zero-order chi connectivity index (χ0) is 60.1. The molecule has 0 bridgehead atoms. The first-order chi connectivity index (χ1) is 42.9. The van der Waals surface area contributed by atoms with Crippen LogP contribution >= 0.6 is 45.3 Å². The van der Waals surface area contributed by atoms with Gasteiger partial charge in [-0.25, -0.2) is 0 Å². The average Bonchev–Trinajstić information content (AvgIpc) is 1.49. The van der Waals surface area contributed by atoms with Gasteiger partial charge < -0.3 is 0 Å². The van der Waals surface area contributed by atoms with Crippen LogP contribution in [0.3, 0.4) is 0 Å². The molecule has 0 spiro atoms. The van der Waals surface area contributed by atoms with E-state index >= 15 is 0 Å². The summed E-state index contributed by atoms with van der Waals surface area (Å²) in [7, 11) is 0. The van der Waals surface area contributed by atoms with Crippen LogP contribution < -0.4 is 0 Å². The van der Waals surface area contributed by atoms with Crippen LogP contribution in [0, 0.1) is 73.0 Å². The van der Waals surface area contributed by atoms with Crippen LogP contribution in [0.5, 0.6) is 0 Å². The highest BCUT2D eigenvalue weighted by Gasteiger charge is 2.54. The van der Waals surface area contributed by atoms with Crippen LogP contribution in [-0.4, -0.2) is 11.6 Å². The Bertz CT molecular complexity index is 5020. The van der Waals surface area contributed by atoms with E-state index < -0.39 is 10.8 Å². The quantitative estimate of drug-likeness (QED) is 0.120. The molecule has 88 heavy (non-hydrogen) atoms. The maximum Gasteiger partial charge on any atom is 0.194 e. The summed E-state index contributed by atoms with van der Waals surface area (Å²) >= 11 is 6.97. The topological polar surface area (TPSA) is 129 Å². The molecule has 16 rings (SSSR count). The molecule has 12 aromatic rings. The molecule has 412 valence electrons. The maximum absolute atomic E-state index is 14.2. The van der Waals surface area contributed by atoms with E-state index in [1.165, 1.54) is 41.4 Å². The molecule has 8 aromatic carbocycles. The monoisotopic (exact) mass is 1200 g/mol. The molecule has 4 heterocycles. The zero-order valence-electron chi connectivity index (χ0n) is 47.7. The molecular weight excluding hydrogens is 1150 g/mol. The Morgan fingerprint density at radius 3 is 1.02 bits per heavy atom. The first kappa shape index (κ1) is 53.1. The van der Waals surface area contributed by atoms with Crippen LogP contribution in [-0.2, 0) is 10.8 Å². The molecule has 0 fully saturated rings. The molecule has 0 aliphatic heterocycles. The van der Waals surface area contributed by atoms with Crippen molar-refractivity contribution >= 4 is 110 Å². The van der Waals surface area contributed by atoms with Gasteiger partial charge >= 0.3 is 0 Å². The summed E-state index contributed by atoms with van der Waals surface area (Å²) in [6.07, 6.45) is 3.73. The number of carbonyl (C=O) groups is 2. The highest BCUT2D eigenvalue weighted by molar-refractivity contribution is 7.32. The SMILES string of the molecule is Cc1ccc(C2(c3ccc(C)cc3)c3cc4sc(/C=C5\C(=O)c6ccccc6C5=C(C#N)C#N)cc4cc3-c3sc4c5c(sc4c32)-c2cc3cc(/C=C4\C(=O)c6ccccc6C4=C(C#N)C#N)sc3cc2C5(c2ccc(C)cc2)c2ccc(C)cc2)cc1. The predicted molar refractivity (Wildman–Crippen MR) is 358 cm³/mol. The number of hydrogen-bond donors (Lipinski definition) is 0. The fourth-order valence-electron chi connectivity index (χ4n) is 14.3. The lowest BCUT2D eigenvalue weighted by atomic mass is 9.66. The van der Waals surface area contributed by atoms with Crippen LogP contribution in [0.25, 0.3) is 73.8 Å². The average molecular weight is 1200 g/mol. The number of fused-ring (bicyclic) bond motifs is 13. The van der Waals surface area contributed by atoms with E-state index in [0.29, 0.717) is 44.5 Å². The Kier molecular flexibility index (Phi) is 11.8. The van der Waals surface area contributed by atoms with Gasteiger partial charge in [-0.05, 0) is 143 Å². The minimum Gasteiger partial charge on any atom is -0.289 e. The minimum atomic E-state index is -0.784. The first-order valence-electron chi connectivity index (χ1n) is 28.7. The molecule has 0 saturated carbocycles. The van der Waals surface area contributed by atoms with Gasteiger partial charge in [0, 0.05) is 73.5 Å².